The first-order valence-electron chi connectivity index (χ1n) is 6.76. The van der Waals surface area contributed by atoms with Gasteiger partial charge in [-0.3, -0.25) is 0 Å². The third kappa shape index (κ3) is 5.23. The van der Waals surface area contributed by atoms with Gasteiger partial charge in [0.25, 0.3) is 0 Å². The van der Waals surface area contributed by atoms with Crippen molar-refractivity contribution >= 4 is 0 Å². The molecule has 19 heavy (non-hydrogen) atoms. The molecule has 0 aliphatic rings. The molecule has 0 saturated carbocycles. The molecule has 1 rings (SSSR count). The van der Waals surface area contributed by atoms with E-state index in [1.54, 1.807) is 0 Å². The lowest BCUT2D eigenvalue weighted by Crippen LogP contribution is -2.24. The van der Waals surface area contributed by atoms with Crippen molar-refractivity contribution in [3.8, 4) is 23.8 Å². The quantitative estimate of drug-likeness (QED) is 0.730. The Balaban J connectivity index is 2.74. The van der Waals surface area contributed by atoms with E-state index in [9.17, 15) is 0 Å². The van der Waals surface area contributed by atoms with Crippen LogP contribution in [0, 0.1) is 12.3 Å². The molecule has 0 aliphatic heterocycles. The summed E-state index contributed by atoms with van der Waals surface area (Å²) >= 11 is 0. The van der Waals surface area contributed by atoms with Crippen LogP contribution in [0.5, 0.6) is 11.5 Å². The Bertz CT molecular complexity index is 423. The van der Waals surface area contributed by atoms with Crippen molar-refractivity contribution in [2.45, 2.75) is 39.8 Å². The molecule has 1 aromatic carbocycles. The Morgan fingerprint density at radius 3 is 2.68 bits per heavy atom. The lowest BCUT2D eigenvalue weighted by atomic mass is 10.1. The van der Waals surface area contributed by atoms with Crippen molar-refractivity contribution in [1.29, 1.82) is 0 Å². The maximum absolute atomic E-state index is 5.59. The van der Waals surface area contributed by atoms with Gasteiger partial charge in [-0.1, -0.05) is 18.9 Å². The minimum Gasteiger partial charge on any atom is -0.490 e. The first-order chi connectivity index (χ1) is 9.21. The molecule has 3 nitrogen and oxygen atoms in total. The number of hydrogen-bond donors (Lipinski definition) is 1. The molecule has 1 aromatic rings. The molecule has 3 heteroatoms. The largest absolute Gasteiger partial charge is 0.490 e. The summed E-state index contributed by atoms with van der Waals surface area (Å²) in [5.41, 5.74) is 1.18. The van der Waals surface area contributed by atoms with Gasteiger partial charge >= 0.3 is 0 Å². The number of nitrogens with one attached hydrogen (secondary N) is 1. The van der Waals surface area contributed by atoms with Crippen LogP contribution in [0.25, 0.3) is 0 Å². The van der Waals surface area contributed by atoms with Gasteiger partial charge in [-0.15, -0.1) is 6.42 Å². The molecule has 0 fully saturated rings. The first-order valence-corrected chi connectivity index (χ1v) is 6.76. The van der Waals surface area contributed by atoms with E-state index in [2.05, 4.69) is 25.1 Å². The van der Waals surface area contributed by atoms with Gasteiger partial charge < -0.3 is 14.8 Å². The van der Waals surface area contributed by atoms with Crippen LogP contribution in [0.1, 0.15) is 32.8 Å². The summed E-state index contributed by atoms with van der Waals surface area (Å²) in [7, 11) is 0. The number of benzene rings is 1. The highest BCUT2D eigenvalue weighted by atomic mass is 16.5. The van der Waals surface area contributed by atoms with Gasteiger partial charge in [0, 0.05) is 12.6 Å². The molecule has 104 valence electrons. The Labute approximate surface area is 116 Å². The molecule has 1 N–H and O–H groups in total. The van der Waals surface area contributed by atoms with Gasteiger partial charge in [-0.2, -0.15) is 0 Å². The fourth-order valence-electron chi connectivity index (χ4n) is 1.61. The smallest absolute Gasteiger partial charge is 0.162 e. The zero-order chi connectivity index (χ0) is 14.1. The van der Waals surface area contributed by atoms with Crippen LogP contribution < -0.4 is 14.8 Å². The van der Waals surface area contributed by atoms with Gasteiger partial charge in [0.2, 0.25) is 0 Å². The second-order valence-electron chi connectivity index (χ2n) is 4.40. The van der Waals surface area contributed by atoms with E-state index >= 15 is 0 Å². The summed E-state index contributed by atoms with van der Waals surface area (Å²) in [6, 6.07) is 6.46. The molecule has 0 heterocycles. The standard InChI is InChI=1S/C16H23NO2/c1-5-10-19-15-9-8-14(11-16(15)18-7-3)12-17-13(4)6-2/h1,8-9,11,13,17H,6-7,10,12H2,2-4H3/t13-/m0/s1. The molecule has 1 atom stereocenters. The second kappa shape index (κ2) is 8.44. The summed E-state index contributed by atoms with van der Waals surface area (Å²) in [5, 5.41) is 3.45. The molecular weight excluding hydrogens is 238 g/mol. The number of ether oxygens (including phenoxy) is 2. The Morgan fingerprint density at radius 1 is 1.26 bits per heavy atom. The molecule has 0 aliphatic carbocycles. The highest BCUT2D eigenvalue weighted by Gasteiger charge is 2.07. The first kappa shape index (κ1) is 15.4. The van der Waals surface area contributed by atoms with Gasteiger partial charge in [-0.25, -0.2) is 0 Å². The van der Waals surface area contributed by atoms with E-state index in [4.69, 9.17) is 15.9 Å². The lowest BCUT2D eigenvalue weighted by molar-refractivity contribution is 0.299. The Morgan fingerprint density at radius 2 is 2.05 bits per heavy atom. The lowest BCUT2D eigenvalue weighted by Gasteiger charge is -2.14. The molecule has 0 unspecified atom stereocenters. The van der Waals surface area contributed by atoms with Gasteiger partial charge in [-0.05, 0) is 38.0 Å². The van der Waals surface area contributed by atoms with E-state index in [1.807, 2.05) is 25.1 Å². The predicted molar refractivity (Wildman–Crippen MR) is 78.5 cm³/mol. The average Bonchev–Trinajstić information content (AvgIpc) is 2.44. The van der Waals surface area contributed by atoms with Gasteiger partial charge in [0.1, 0.15) is 6.61 Å². The van der Waals surface area contributed by atoms with Crippen LogP contribution >= 0.6 is 0 Å². The van der Waals surface area contributed by atoms with Crippen molar-refractivity contribution in [3.05, 3.63) is 23.8 Å². The van der Waals surface area contributed by atoms with Gasteiger partial charge in [0.15, 0.2) is 11.5 Å². The molecule has 0 amide bonds. The topological polar surface area (TPSA) is 30.5 Å². The van der Waals surface area contributed by atoms with E-state index in [0.29, 0.717) is 18.4 Å². The summed E-state index contributed by atoms with van der Waals surface area (Å²) in [6.45, 7) is 7.98. The van der Waals surface area contributed by atoms with Crippen LogP contribution in [0.3, 0.4) is 0 Å². The van der Waals surface area contributed by atoms with Crippen LogP contribution in [0.4, 0.5) is 0 Å². The van der Waals surface area contributed by atoms with Crippen molar-refractivity contribution in [1.82, 2.24) is 5.32 Å². The van der Waals surface area contributed by atoms with E-state index in [-0.39, 0.29) is 6.61 Å². The van der Waals surface area contributed by atoms with Crippen molar-refractivity contribution < 1.29 is 9.47 Å². The third-order valence-corrected chi connectivity index (χ3v) is 2.89. The highest BCUT2D eigenvalue weighted by Crippen LogP contribution is 2.28. The maximum atomic E-state index is 5.59. The fourth-order valence-corrected chi connectivity index (χ4v) is 1.61. The van der Waals surface area contributed by atoms with E-state index in [1.165, 1.54) is 5.56 Å². The summed E-state index contributed by atoms with van der Waals surface area (Å²) < 4.78 is 11.0. The molecule has 0 aromatic heterocycles. The molecule has 0 spiro atoms. The number of rotatable bonds is 8. The van der Waals surface area contributed by atoms with Crippen molar-refractivity contribution in [2.24, 2.45) is 0 Å². The average molecular weight is 261 g/mol. The van der Waals surface area contributed by atoms with Crippen LogP contribution in [0.2, 0.25) is 0 Å². The molecule has 0 radical (unpaired) electrons. The predicted octanol–water partition coefficient (Wildman–Crippen LogP) is 2.99. The summed E-state index contributed by atoms with van der Waals surface area (Å²) in [6.07, 6.45) is 6.31. The zero-order valence-corrected chi connectivity index (χ0v) is 12.0. The number of hydrogen-bond acceptors (Lipinski definition) is 3. The summed E-state index contributed by atoms with van der Waals surface area (Å²) in [4.78, 5) is 0. The normalized spacial score (nSPS) is 11.7. The third-order valence-electron chi connectivity index (χ3n) is 2.89. The minimum atomic E-state index is 0.255. The highest BCUT2D eigenvalue weighted by molar-refractivity contribution is 5.43. The minimum absolute atomic E-state index is 0.255. The van der Waals surface area contributed by atoms with Gasteiger partial charge in [0.05, 0.1) is 6.61 Å². The van der Waals surface area contributed by atoms with Crippen LogP contribution in [-0.2, 0) is 6.54 Å². The second-order valence-corrected chi connectivity index (χ2v) is 4.40. The zero-order valence-electron chi connectivity index (χ0n) is 12.0. The Hall–Kier alpha value is -1.66. The maximum Gasteiger partial charge on any atom is 0.162 e. The fraction of sp³-hybridized carbons (Fsp3) is 0.500. The van der Waals surface area contributed by atoms with Crippen molar-refractivity contribution in [2.75, 3.05) is 13.2 Å². The SMILES string of the molecule is C#CCOc1ccc(CN[C@@H](C)CC)cc1OCC. The van der Waals surface area contributed by atoms with Crippen LogP contribution in [-0.4, -0.2) is 19.3 Å². The Kier molecular flexibility index (Phi) is 6.84. The summed E-state index contributed by atoms with van der Waals surface area (Å²) in [5.74, 6) is 3.91. The number of terminal acetylenes is 1. The van der Waals surface area contributed by atoms with E-state index in [0.717, 1.165) is 18.7 Å². The van der Waals surface area contributed by atoms with E-state index < -0.39 is 0 Å². The van der Waals surface area contributed by atoms with Crippen LogP contribution in [0.15, 0.2) is 18.2 Å². The monoisotopic (exact) mass is 261 g/mol. The molecule has 0 saturated heterocycles. The molecule has 0 bridgehead atoms. The van der Waals surface area contributed by atoms with Crippen molar-refractivity contribution in [3.63, 3.8) is 0 Å². The molecular formula is C16H23NO2.